The number of H-pyrrole nitrogens is 1. The smallest absolute Gasteiger partial charge is 0.335 e. The molecule has 1 aromatic carbocycles. The molecule has 0 unspecified atom stereocenters. The van der Waals surface area contributed by atoms with Crippen molar-refractivity contribution in [2.24, 2.45) is 5.41 Å². The quantitative estimate of drug-likeness (QED) is 0.619. The standard InChI is InChI=1S/C24H26N2O2/c1-23(2)13-21-17(24(3,4)14-23)9-10-19(26-21)20-12-11-18(25-20)15-5-7-16(8-6-15)22(27)28/h5-12,25H,13-14H2,1-4H3,(H,27,28). The zero-order valence-electron chi connectivity index (χ0n) is 16.8. The van der Waals surface area contributed by atoms with E-state index >= 15 is 0 Å². The lowest BCUT2D eigenvalue weighted by molar-refractivity contribution is 0.0697. The summed E-state index contributed by atoms with van der Waals surface area (Å²) >= 11 is 0. The van der Waals surface area contributed by atoms with Gasteiger partial charge >= 0.3 is 5.97 Å². The lowest BCUT2D eigenvalue weighted by Gasteiger charge is -2.41. The first-order valence-corrected chi connectivity index (χ1v) is 9.68. The fourth-order valence-electron chi connectivity index (χ4n) is 4.71. The second kappa shape index (κ2) is 6.33. The summed E-state index contributed by atoms with van der Waals surface area (Å²) in [6, 6.07) is 15.3. The molecule has 0 bridgehead atoms. The van der Waals surface area contributed by atoms with Crippen molar-refractivity contribution in [3.8, 4) is 22.6 Å². The molecule has 28 heavy (non-hydrogen) atoms. The average molecular weight is 374 g/mol. The average Bonchev–Trinajstić information content (AvgIpc) is 3.09. The first-order chi connectivity index (χ1) is 13.1. The number of nitrogens with one attached hydrogen (secondary N) is 1. The Morgan fingerprint density at radius 3 is 2.32 bits per heavy atom. The van der Waals surface area contributed by atoms with Gasteiger partial charge in [-0.2, -0.15) is 0 Å². The predicted molar refractivity (Wildman–Crippen MR) is 112 cm³/mol. The summed E-state index contributed by atoms with van der Waals surface area (Å²) in [7, 11) is 0. The highest BCUT2D eigenvalue weighted by atomic mass is 16.4. The van der Waals surface area contributed by atoms with Crippen molar-refractivity contribution in [1.82, 2.24) is 9.97 Å². The van der Waals surface area contributed by atoms with Gasteiger partial charge in [0.25, 0.3) is 0 Å². The van der Waals surface area contributed by atoms with Crippen molar-refractivity contribution < 1.29 is 9.90 Å². The number of fused-ring (bicyclic) bond motifs is 1. The second-order valence-electron chi connectivity index (χ2n) is 9.26. The van der Waals surface area contributed by atoms with E-state index in [2.05, 4.69) is 44.8 Å². The van der Waals surface area contributed by atoms with Crippen molar-refractivity contribution in [3.05, 3.63) is 65.4 Å². The topological polar surface area (TPSA) is 66.0 Å². The molecule has 0 spiro atoms. The highest BCUT2D eigenvalue weighted by molar-refractivity contribution is 5.88. The van der Waals surface area contributed by atoms with Crippen LogP contribution in [0.25, 0.3) is 22.6 Å². The van der Waals surface area contributed by atoms with Gasteiger partial charge in [-0.3, -0.25) is 4.98 Å². The Bertz CT molecular complexity index is 1040. The Balaban J connectivity index is 1.67. The summed E-state index contributed by atoms with van der Waals surface area (Å²) in [6.07, 6.45) is 2.15. The summed E-state index contributed by atoms with van der Waals surface area (Å²) in [5.41, 5.74) is 7.04. The lowest BCUT2D eigenvalue weighted by atomic mass is 9.64. The van der Waals surface area contributed by atoms with Gasteiger partial charge in [0.2, 0.25) is 0 Å². The summed E-state index contributed by atoms with van der Waals surface area (Å²) in [4.78, 5) is 19.5. The lowest BCUT2D eigenvalue weighted by Crippen LogP contribution is -2.35. The molecule has 0 saturated carbocycles. The number of pyridine rings is 1. The molecule has 2 aromatic heterocycles. The molecule has 144 valence electrons. The SMILES string of the molecule is CC1(C)Cc2nc(-c3ccc(-c4ccc(C(=O)O)cc4)[nH]3)ccc2C(C)(C)C1. The maximum absolute atomic E-state index is 11.0. The number of aromatic carboxylic acids is 1. The number of benzene rings is 1. The minimum absolute atomic E-state index is 0.134. The molecule has 4 rings (SSSR count). The number of hydrogen-bond donors (Lipinski definition) is 2. The second-order valence-corrected chi connectivity index (χ2v) is 9.26. The van der Waals surface area contributed by atoms with Crippen molar-refractivity contribution in [3.63, 3.8) is 0 Å². The third-order valence-electron chi connectivity index (χ3n) is 5.67. The number of aromatic amines is 1. The fraction of sp³-hybridized carbons (Fsp3) is 0.333. The predicted octanol–water partition coefficient (Wildman–Crippen LogP) is 5.69. The zero-order chi connectivity index (χ0) is 20.1. The maximum Gasteiger partial charge on any atom is 0.335 e. The number of carbonyl (C=O) groups is 1. The normalized spacial score (nSPS) is 17.1. The van der Waals surface area contributed by atoms with Crippen LogP contribution in [0.15, 0.2) is 48.5 Å². The number of carboxylic acids is 1. The summed E-state index contributed by atoms with van der Waals surface area (Å²) < 4.78 is 0. The molecular formula is C24H26N2O2. The molecule has 0 amide bonds. The van der Waals surface area contributed by atoms with Crippen LogP contribution in [0.1, 0.15) is 55.7 Å². The molecule has 2 heterocycles. The number of carboxylic acid groups (broad SMARTS) is 1. The van der Waals surface area contributed by atoms with Gasteiger partial charge < -0.3 is 10.1 Å². The van der Waals surface area contributed by atoms with Crippen LogP contribution in [0.4, 0.5) is 0 Å². The maximum atomic E-state index is 11.0. The molecule has 0 aliphatic heterocycles. The molecule has 4 heteroatoms. The minimum atomic E-state index is -0.914. The van der Waals surface area contributed by atoms with Crippen molar-refractivity contribution in [2.45, 2.75) is 46.0 Å². The van der Waals surface area contributed by atoms with Crippen LogP contribution in [-0.2, 0) is 11.8 Å². The molecule has 0 saturated heterocycles. The van der Waals surface area contributed by atoms with E-state index in [4.69, 9.17) is 10.1 Å². The highest BCUT2D eigenvalue weighted by Crippen LogP contribution is 2.45. The van der Waals surface area contributed by atoms with Crippen LogP contribution in [0.5, 0.6) is 0 Å². The molecule has 4 nitrogen and oxygen atoms in total. The fourth-order valence-corrected chi connectivity index (χ4v) is 4.71. The van der Waals surface area contributed by atoms with Crippen LogP contribution in [0.2, 0.25) is 0 Å². The van der Waals surface area contributed by atoms with Gasteiger partial charge in [-0.15, -0.1) is 0 Å². The van der Waals surface area contributed by atoms with Crippen LogP contribution in [-0.4, -0.2) is 21.0 Å². The summed E-state index contributed by atoms with van der Waals surface area (Å²) in [5, 5.41) is 9.05. The molecule has 0 radical (unpaired) electrons. The molecule has 1 aliphatic carbocycles. The molecule has 0 atom stereocenters. The van der Waals surface area contributed by atoms with E-state index in [1.807, 2.05) is 24.3 Å². The van der Waals surface area contributed by atoms with E-state index in [9.17, 15) is 4.79 Å². The molecule has 1 aliphatic rings. The van der Waals surface area contributed by atoms with Gasteiger partial charge in [-0.1, -0.05) is 45.9 Å². The monoisotopic (exact) mass is 374 g/mol. The third kappa shape index (κ3) is 3.35. The third-order valence-corrected chi connectivity index (χ3v) is 5.67. The molecular weight excluding hydrogens is 348 g/mol. The van der Waals surface area contributed by atoms with Crippen LogP contribution in [0, 0.1) is 5.41 Å². The zero-order valence-corrected chi connectivity index (χ0v) is 16.8. The van der Waals surface area contributed by atoms with Crippen LogP contribution >= 0.6 is 0 Å². The number of hydrogen-bond acceptors (Lipinski definition) is 2. The minimum Gasteiger partial charge on any atom is -0.478 e. The van der Waals surface area contributed by atoms with Crippen LogP contribution < -0.4 is 0 Å². The summed E-state index contributed by atoms with van der Waals surface area (Å²) in [6.45, 7) is 9.25. The van der Waals surface area contributed by atoms with Crippen LogP contribution in [0.3, 0.4) is 0 Å². The Morgan fingerprint density at radius 2 is 1.64 bits per heavy atom. The van der Waals surface area contributed by atoms with Gasteiger partial charge in [-0.05, 0) is 65.1 Å². The Kier molecular flexibility index (Phi) is 4.18. The van der Waals surface area contributed by atoms with E-state index in [0.29, 0.717) is 0 Å². The largest absolute Gasteiger partial charge is 0.478 e. The van der Waals surface area contributed by atoms with Gasteiger partial charge in [0.1, 0.15) is 0 Å². The van der Waals surface area contributed by atoms with Gasteiger partial charge in [0, 0.05) is 11.4 Å². The van der Waals surface area contributed by atoms with Crippen molar-refractivity contribution in [2.75, 3.05) is 0 Å². The Morgan fingerprint density at radius 1 is 0.964 bits per heavy atom. The Hall–Kier alpha value is -2.88. The summed E-state index contributed by atoms with van der Waals surface area (Å²) in [5.74, 6) is -0.914. The Labute approximate surface area is 165 Å². The van der Waals surface area contributed by atoms with E-state index in [1.54, 1.807) is 12.1 Å². The van der Waals surface area contributed by atoms with E-state index in [-0.39, 0.29) is 16.4 Å². The van der Waals surface area contributed by atoms with E-state index in [0.717, 1.165) is 35.5 Å². The first kappa shape index (κ1) is 18.5. The van der Waals surface area contributed by atoms with Crippen molar-refractivity contribution >= 4 is 5.97 Å². The van der Waals surface area contributed by atoms with Gasteiger partial charge in [-0.25, -0.2) is 4.79 Å². The number of nitrogens with zero attached hydrogens (tertiary/aromatic N) is 1. The van der Waals surface area contributed by atoms with Gasteiger partial charge in [0.15, 0.2) is 0 Å². The van der Waals surface area contributed by atoms with Crippen molar-refractivity contribution in [1.29, 1.82) is 0 Å². The molecule has 0 fully saturated rings. The molecule has 3 aromatic rings. The number of rotatable bonds is 3. The number of aromatic nitrogens is 2. The highest BCUT2D eigenvalue weighted by Gasteiger charge is 2.38. The van der Waals surface area contributed by atoms with Gasteiger partial charge in [0.05, 0.1) is 17.0 Å². The first-order valence-electron chi connectivity index (χ1n) is 9.68. The molecule has 2 N–H and O–H groups in total. The van der Waals surface area contributed by atoms with E-state index < -0.39 is 5.97 Å². The van der Waals surface area contributed by atoms with E-state index in [1.165, 1.54) is 11.3 Å².